The molecule has 80 valence electrons. The monoisotopic (exact) mass is 267 g/mol. The lowest BCUT2D eigenvalue weighted by atomic mass is 9.86. The molecular weight excluding hydrogens is 254 g/mol. The van der Waals surface area contributed by atoms with Crippen LogP contribution in [-0.2, 0) is 5.41 Å². The number of aromatic nitrogens is 1. The number of hydrogen-bond donors (Lipinski definition) is 0. The molecule has 0 aliphatic carbocycles. The standard InChI is InChI=1S/C12H14BrNO/c1-7-9-5-8(13)6-10(12(2,3)4)11(9)15-14-7/h5-6H,1-4H3. The average molecular weight is 268 g/mol. The summed E-state index contributed by atoms with van der Waals surface area (Å²) < 4.78 is 6.47. The van der Waals surface area contributed by atoms with Gasteiger partial charge in [-0.3, -0.25) is 0 Å². The minimum absolute atomic E-state index is 0.0635. The van der Waals surface area contributed by atoms with E-state index in [1.165, 1.54) is 5.56 Å². The van der Waals surface area contributed by atoms with Gasteiger partial charge in [0.15, 0.2) is 5.58 Å². The van der Waals surface area contributed by atoms with Gasteiger partial charge in [-0.2, -0.15) is 0 Å². The van der Waals surface area contributed by atoms with Crippen LogP contribution < -0.4 is 0 Å². The van der Waals surface area contributed by atoms with Crippen LogP contribution in [0.25, 0.3) is 11.0 Å². The number of halogens is 1. The maximum absolute atomic E-state index is 5.39. The molecule has 0 unspecified atom stereocenters. The van der Waals surface area contributed by atoms with Crippen LogP contribution in [0.4, 0.5) is 0 Å². The molecule has 1 aromatic heterocycles. The van der Waals surface area contributed by atoms with Gasteiger partial charge < -0.3 is 4.52 Å². The highest BCUT2D eigenvalue weighted by molar-refractivity contribution is 9.10. The lowest BCUT2D eigenvalue weighted by molar-refractivity contribution is 0.441. The fourth-order valence-electron chi connectivity index (χ4n) is 1.68. The van der Waals surface area contributed by atoms with E-state index in [-0.39, 0.29) is 5.41 Å². The Kier molecular flexibility index (Phi) is 2.38. The van der Waals surface area contributed by atoms with E-state index in [0.717, 1.165) is 21.1 Å². The van der Waals surface area contributed by atoms with Crippen LogP contribution in [0.2, 0.25) is 0 Å². The first-order valence-corrected chi connectivity index (χ1v) is 5.75. The van der Waals surface area contributed by atoms with E-state index in [4.69, 9.17) is 4.52 Å². The zero-order valence-corrected chi connectivity index (χ0v) is 11.0. The summed E-state index contributed by atoms with van der Waals surface area (Å²) in [5.74, 6) is 0. The van der Waals surface area contributed by atoms with Crippen molar-refractivity contribution >= 4 is 26.9 Å². The van der Waals surface area contributed by atoms with Gasteiger partial charge in [0.05, 0.1) is 5.69 Å². The largest absolute Gasteiger partial charge is 0.356 e. The molecule has 2 aromatic rings. The summed E-state index contributed by atoms with van der Waals surface area (Å²) in [7, 11) is 0. The predicted molar refractivity (Wildman–Crippen MR) is 65.1 cm³/mol. The van der Waals surface area contributed by atoms with Gasteiger partial charge in [-0.25, -0.2) is 0 Å². The first kappa shape index (κ1) is 10.7. The lowest BCUT2D eigenvalue weighted by Gasteiger charge is -2.19. The number of nitrogens with zero attached hydrogens (tertiary/aromatic N) is 1. The zero-order chi connectivity index (χ0) is 11.2. The summed E-state index contributed by atoms with van der Waals surface area (Å²) in [6, 6.07) is 4.16. The van der Waals surface area contributed by atoms with Crippen molar-refractivity contribution in [2.45, 2.75) is 33.1 Å². The van der Waals surface area contributed by atoms with Crippen molar-refractivity contribution in [1.82, 2.24) is 5.16 Å². The van der Waals surface area contributed by atoms with Gasteiger partial charge in [0.25, 0.3) is 0 Å². The molecule has 0 N–H and O–H groups in total. The van der Waals surface area contributed by atoms with Crippen molar-refractivity contribution in [2.75, 3.05) is 0 Å². The quantitative estimate of drug-likeness (QED) is 0.715. The van der Waals surface area contributed by atoms with Gasteiger partial charge >= 0.3 is 0 Å². The number of rotatable bonds is 0. The number of benzene rings is 1. The summed E-state index contributed by atoms with van der Waals surface area (Å²) in [6.07, 6.45) is 0. The van der Waals surface area contributed by atoms with Crippen molar-refractivity contribution < 1.29 is 4.52 Å². The van der Waals surface area contributed by atoms with E-state index in [0.29, 0.717) is 0 Å². The van der Waals surface area contributed by atoms with Crippen molar-refractivity contribution in [2.24, 2.45) is 0 Å². The second-order valence-corrected chi connectivity index (χ2v) is 5.76. The molecule has 1 aromatic carbocycles. The van der Waals surface area contributed by atoms with Gasteiger partial charge in [-0.05, 0) is 24.5 Å². The zero-order valence-electron chi connectivity index (χ0n) is 9.39. The van der Waals surface area contributed by atoms with Crippen molar-refractivity contribution in [3.8, 4) is 0 Å². The highest BCUT2D eigenvalue weighted by Gasteiger charge is 2.21. The normalized spacial score (nSPS) is 12.3. The number of aryl methyl sites for hydroxylation is 1. The van der Waals surface area contributed by atoms with E-state index in [9.17, 15) is 0 Å². The topological polar surface area (TPSA) is 26.0 Å². The van der Waals surface area contributed by atoms with Crippen molar-refractivity contribution in [1.29, 1.82) is 0 Å². The third kappa shape index (κ3) is 1.81. The van der Waals surface area contributed by atoms with Crippen LogP contribution in [0.1, 0.15) is 32.0 Å². The third-order valence-electron chi connectivity index (χ3n) is 2.53. The fraction of sp³-hybridized carbons (Fsp3) is 0.417. The van der Waals surface area contributed by atoms with E-state index in [1.807, 2.05) is 6.92 Å². The molecule has 2 rings (SSSR count). The van der Waals surface area contributed by atoms with Crippen LogP contribution in [0, 0.1) is 6.92 Å². The summed E-state index contributed by atoms with van der Waals surface area (Å²) in [5, 5.41) is 5.11. The second kappa shape index (κ2) is 3.34. The van der Waals surface area contributed by atoms with E-state index in [2.05, 4.69) is 54.0 Å². The minimum Gasteiger partial charge on any atom is -0.356 e. The average Bonchev–Trinajstić information content (AvgIpc) is 2.45. The van der Waals surface area contributed by atoms with Crippen molar-refractivity contribution in [3.05, 3.63) is 27.9 Å². The molecule has 0 aliphatic rings. The first-order chi connectivity index (χ1) is 6.89. The Labute approximate surface area is 97.8 Å². The molecule has 0 saturated carbocycles. The van der Waals surface area contributed by atoms with Gasteiger partial charge in [-0.1, -0.05) is 41.9 Å². The smallest absolute Gasteiger partial charge is 0.170 e. The molecule has 0 spiro atoms. The van der Waals surface area contributed by atoms with Crippen LogP contribution in [0.15, 0.2) is 21.1 Å². The molecule has 2 nitrogen and oxygen atoms in total. The number of fused-ring (bicyclic) bond motifs is 1. The molecule has 0 amide bonds. The highest BCUT2D eigenvalue weighted by Crippen LogP contribution is 2.34. The first-order valence-electron chi connectivity index (χ1n) is 4.95. The molecule has 0 radical (unpaired) electrons. The van der Waals surface area contributed by atoms with Gasteiger partial charge in [0, 0.05) is 15.4 Å². The Morgan fingerprint density at radius 1 is 1.27 bits per heavy atom. The Hall–Kier alpha value is -0.830. The van der Waals surface area contributed by atoms with E-state index < -0.39 is 0 Å². The van der Waals surface area contributed by atoms with Gasteiger partial charge in [0.1, 0.15) is 0 Å². The number of hydrogen-bond acceptors (Lipinski definition) is 2. The Bertz CT molecular complexity index is 508. The summed E-state index contributed by atoms with van der Waals surface area (Å²) >= 11 is 3.53. The summed E-state index contributed by atoms with van der Waals surface area (Å²) in [5.41, 5.74) is 3.10. The Morgan fingerprint density at radius 3 is 2.53 bits per heavy atom. The third-order valence-corrected chi connectivity index (χ3v) is 2.98. The maximum atomic E-state index is 5.39. The molecule has 0 bridgehead atoms. The molecule has 0 fully saturated rings. The molecule has 0 atom stereocenters. The molecule has 15 heavy (non-hydrogen) atoms. The van der Waals surface area contributed by atoms with Crippen LogP contribution in [0.3, 0.4) is 0 Å². The maximum Gasteiger partial charge on any atom is 0.170 e. The predicted octanol–water partition coefficient (Wildman–Crippen LogP) is 4.20. The van der Waals surface area contributed by atoms with Crippen LogP contribution in [-0.4, -0.2) is 5.16 Å². The molecule has 1 heterocycles. The molecular formula is C12H14BrNO. The Balaban J connectivity index is 2.84. The van der Waals surface area contributed by atoms with Gasteiger partial charge in [-0.15, -0.1) is 0 Å². The minimum atomic E-state index is 0.0635. The fourth-order valence-corrected chi connectivity index (χ4v) is 2.14. The van der Waals surface area contributed by atoms with Crippen LogP contribution in [0.5, 0.6) is 0 Å². The van der Waals surface area contributed by atoms with E-state index in [1.54, 1.807) is 0 Å². The second-order valence-electron chi connectivity index (χ2n) is 4.85. The van der Waals surface area contributed by atoms with Crippen LogP contribution >= 0.6 is 15.9 Å². The van der Waals surface area contributed by atoms with E-state index >= 15 is 0 Å². The van der Waals surface area contributed by atoms with Crippen molar-refractivity contribution in [3.63, 3.8) is 0 Å². The molecule has 0 aliphatic heterocycles. The molecule has 0 saturated heterocycles. The lowest BCUT2D eigenvalue weighted by Crippen LogP contribution is -2.11. The summed E-state index contributed by atoms with van der Waals surface area (Å²) in [6.45, 7) is 8.48. The van der Waals surface area contributed by atoms with Gasteiger partial charge in [0.2, 0.25) is 0 Å². The highest BCUT2D eigenvalue weighted by atomic mass is 79.9. The SMILES string of the molecule is Cc1noc2c(C(C)(C)C)cc(Br)cc12. The summed E-state index contributed by atoms with van der Waals surface area (Å²) in [4.78, 5) is 0. The Morgan fingerprint density at radius 2 is 1.93 bits per heavy atom. The molecule has 3 heteroatoms.